The molecule has 0 fully saturated rings. The third-order valence-corrected chi connectivity index (χ3v) is 6.08. The number of nitrogens with zero attached hydrogens (tertiary/aromatic N) is 2. The minimum atomic E-state index is -2.83. The molecule has 0 bridgehead atoms. The third-order valence-electron chi connectivity index (χ3n) is 3.81. The topological polar surface area (TPSA) is 78.0 Å². The van der Waals surface area contributed by atoms with Gasteiger partial charge in [0.2, 0.25) is 0 Å². The van der Waals surface area contributed by atoms with Crippen molar-refractivity contribution in [3.63, 3.8) is 0 Å². The highest BCUT2D eigenvalue weighted by atomic mass is 35.5. The fourth-order valence-electron chi connectivity index (χ4n) is 2.50. The van der Waals surface area contributed by atoms with Crippen molar-refractivity contribution in [1.82, 2.24) is 9.55 Å². The lowest BCUT2D eigenvalue weighted by molar-refractivity contribution is 0.0996. The summed E-state index contributed by atoms with van der Waals surface area (Å²) in [5.74, 6) is 4.08. The van der Waals surface area contributed by atoms with E-state index in [9.17, 15) is 22.8 Å². The summed E-state index contributed by atoms with van der Waals surface area (Å²) in [6.07, 6.45) is -2.05. The number of Topliss-reactive ketones (excluding diaryl/α,β-unsaturated/α-hetero) is 1. The first kappa shape index (κ1) is 22.2. The highest BCUT2D eigenvalue weighted by Gasteiger charge is 2.16. The molecule has 0 spiro atoms. The number of carbonyl (C=O) groups is 1. The lowest BCUT2D eigenvalue weighted by atomic mass is 10.1. The van der Waals surface area contributed by atoms with Gasteiger partial charge in [-0.1, -0.05) is 17.5 Å². The largest absolute Gasteiger partial charge is 0.325 e. The summed E-state index contributed by atoms with van der Waals surface area (Å²) in [6.45, 7) is -0.639. The average Bonchev–Trinajstić information content (AvgIpc) is 3.30. The minimum absolute atomic E-state index is 0.103. The number of hydrogen-bond donors (Lipinski definition) is 1. The molecule has 3 heterocycles. The molecule has 0 aliphatic rings. The summed E-state index contributed by atoms with van der Waals surface area (Å²) in [4.78, 5) is 28.6. The highest BCUT2D eigenvalue weighted by molar-refractivity contribution is 7.18. The van der Waals surface area contributed by atoms with Crippen LogP contribution in [0.2, 0.25) is 4.34 Å². The number of carbonyl (C=O) groups excluding carboxylic acids is 1. The molecule has 0 radical (unpaired) electrons. The van der Waals surface area contributed by atoms with Gasteiger partial charge in [-0.2, -0.15) is 0 Å². The number of rotatable bonds is 6. The van der Waals surface area contributed by atoms with Crippen LogP contribution in [0.3, 0.4) is 0 Å². The van der Waals surface area contributed by atoms with Gasteiger partial charge in [0.25, 0.3) is 12.0 Å². The molecule has 0 saturated heterocycles. The Labute approximate surface area is 181 Å². The Morgan fingerprint density at radius 3 is 2.77 bits per heavy atom. The zero-order chi connectivity index (χ0) is 21.8. The minimum Gasteiger partial charge on any atom is -0.325 e. The van der Waals surface area contributed by atoms with Crippen molar-refractivity contribution in [1.29, 1.82) is 0 Å². The standard InChI is InChI=1S/C19H13ClF3N3O2S2/c20-18-11(1-2-12-9-29-17(6-24)25-12)5-15(30-18)14(27)4-10-3-13(21)19(28)26(7-10)8-16(22)23/h3,5,7,9,16H,4,6,8,24H2. The smallest absolute Gasteiger partial charge is 0.286 e. The van der Waals surface area contributed by atoms with Crippen molar-refractivity contribution in [3.8, 4) is 11.8 Å². The Morgan fingerprint density at radius 2 is 2.10 bits per heavy atom. The first-order valence-corrected chi connectivity index (χ1v) is 10.5. The van der Waals surface area contributed by atoms with Gasteiger partial charge < -0.3 is 10.3 Å². The predicted octanol–water partition coefficient (Wildman–Crippen LogP) is 3.71. The zero-order valence-corrected chi connectivity index (χ0v) is 17.5. The van der Waals surface area contributed by atoms with E-state index in [2.05, 4.69) is 16.8 Å². The molecular formula is C19H13ClF3N3O2S2. The van der Waals surface area contributed by atoms with Gasteiger partial charge in [0.15, 0.2) is 11.6 Å². The van der Waals surface area contributed by atoms with Gasteiger partial charge in [-0.05, 0) is 23.6 Å². The molecule has 0 amide bonds. The van der Waals surface area contributed by atoms with Crippen LogP contribution in [0.25, 0.3) is 0 Å². The summed E-state index contributed by atoms with van der Waals surface area (Å²) in [6, 6.07) is 2.37. The summed E-state index contributed by atoms with van der Waals surface area (Å²) in [5, 5.41) is 2.50. The van der Waals surface area contributed by atoms with E-state index in [-0.39, 0.29) is 16.9 Å². The lowest BCUT2D eigenvalue weighted by Crippen LogP contribution is -2.26. The Hall–Kier alpha value is -2.45. The van der Waals surface area contributed by atoms with Crippen LogP contribution in [-0.4, -0.2) is 21.8 Å². The molecule has 0 aliphatic carbocycles. The molecule has 0 atom stereocenters. The number of thiophene rings is 1. The van der Waals surface area contributed by atoms with Crippen molar-refractivity contribution >= 4 is 40.1 Å². The molecule has 0 aliphatic heterocycles. The van der Waals surface area contributed by atoms with E-state index in [1.165, 1.54) is 17.4 Å². The fraction of sp³-hybridized carbons (Fsp3) is 0.211. The number of hydrogen-bond acceptors (Lipinski definition) is 6. The van der Waals surface area contributed by atoms with Gasteiger partial charge in [-0.15, -0.1) is 22.7 Å². The van der Waals surface area contributed by atoms with Crippen LogP contribution in [0.15, 0.2) is 28.5 Å². The normalized spacial score (nSPS) is 10.9. The summed E-state index contributed by atoms with van der Waals surface area (Å²) < 4.78 is 39.8. The van der Waals surface area contributed by atoms with Crippen molar-refractivity contribution in [2.75, 3.05) is 0 Å². The van der Waals surface area contributed by atoms with Crippen LogP contribution in [0.1, 0.15) is 31.5 Å². The molecule has 2 N–H and O–H groups in total. The first-order chi connectivity index (χ1) is 14.3. The number of pyridine rings is 1. The van der Waals surface area contributed by atoms with Crippen molar-refractivity contribution in [2.24, 2.45) is 5.73 Å². The van der Waals surface area contributed by atoms with Crippen LogP contribution in [0.5, 0.6) is 0 Å². The molecule has 30 heavy (non-hydrogen) atoms. The molecule has 0 aromatic carbocycles. The second-order valence-corrected chi connectivity index (χ2v) is 8.62. The van der Waals surface area contributed by atoms with Crippen molar-refractivity contribution in [2.45, 2.75) is 25.9 Å². The molecule has 11 heteroatoms. The molecule has 3 rings (SSSR count). The van der Waals surface area contributed by atoms with E-state index in [1.807, 2.05) is 0 Å². The molecule has 156 valence electrons. The van der Waals surface area contributed by atoms with E-state index < -0.39 is 30.1 Å². The predicted molar refractivity (Wildman–Crippen MR) is 110 cm³/mol. The summed E-state index contributed by atoms with van der Waals surface area (Å²) >= 11 is 8.54. The van der Waals surface area contributed by atoms with Crippen molar-refractivity contribution in [3.05, 3.63) is 70.9 Å². The Balaban J connectivity index is 1.79. The van der Waals surface area contributed by atoms with Crippen LogP contribution >= 0.6 is 34.3 Å². The molecule has 3 aromatic heterocycles. The molecular weight excluding hydrogens is 459 g/mol. The maximum absolute atomic E-state index is 13.8. The molecule has 0 unspecified atom stereocenters. The average molecular weight is 472 g/mol. The van der Waals surface area contributed by atoms with Gasteiger partial charge in [0.1, 0.15) is 15.0 Å². The number of ketones is 1. The van der Waals surface area contributed by atoms with Gasteiger partial charge in [0, 0.05) is 24.5 Å². The lowest BCUT2D eigenvalue weighted by Gasteiger charge is -2.08. The third kappa shape index (κ3) is 5.37. The molecule has 5 nitrogen and oxygen atoms in total. The zero-order valence-electron chi connectivity index (χ0n) is 15.1. The van der Waals surface area contributed by atoms with Gasteiger partial charge in [-0.3, -0.25) is 9.59 Å². The first-order valence-electron chi connectivity index (χ1n) is 8.43. The number of halogens is 4. The molecule has 0 saturated carbocycles. The monoisotopic (exact) mass is 471 g/mol. The fourth-order valence-corrected chi connectivity index (χ4v) is 4.23. The van der Waals surface area contributed by atoms with Gasteiger partial charge in [0.05, 0.1) is 17.0 Å². The van der Waals surface area contributed by atoms with E-state index in [0.29, 0.717) is 26.7 Å². The summed E-state index contributed by atoms with van der Waals surface area (Å²) in [5.41, 5.74) is 5.41. The molecule has 3 aromatic rings. The van der Waals surface area contributed by atoms with Crippen LogP contribution in [-0.2, 0) is 19.5 Å². The van der Waals surface area contributed by atoms with Gasteiger partial charge in [-0.25, -0.2) is 18.2 Å². The Morgan fingerprint density at radius 1 is 1.33 bits per heavy atom. The van der Waals surface area contributed by atoms with E-state index in [0.717, 1.165) is 28.6 Å². The van der Waals surface area contributed by atoms with Crippen LogP contribution < -0.4 is 11.3 Å². The van der Waals surface area contributed by atoms with Crippen LogP contribution in [0.4, 0.5) is 13.2 Å². The van der Waals surface area contributed by atoms with E-state index >= 15 is 0 Å². The number of thiazole rings is 1. The highest BCUT2D eigenvalue weighted by Crippen LogP contribution is 2.28. The van der Waals surface area contributed by atoms with Crippen molar-refractivity contribution < 1.29 is 18.0 Å². The summed E-state index contributed by atoms with van der Waals surface area (Å²) in [7, 11) is 0. The number of alkyl halides is 2. The van der Waals surface area contributed by atoms with Gasteiger partial charge >= 0.3 is 0 Å². The number of nitrogens with two attached hydrogens (primary N) is 1. The number of aromatic nitrogens is 2. The maximum Gasteiger partial charge on any atom is 0.286 e. The Kier molecular flexibility index (Phi) is 7.10. The maximum atomic E-state index is 13.8. The second kappa shape index (κ2) is 9.57. The second-order valence-electron chi connectivity index (χ2n) is 6.02. The quantitative estimate of drug-likeness (QED) is 0.439. The SMILES string of the molecule is NCc1nc(C#Cc2cc(C(=O)Cc3cc(F)c(=O)n(CC(F)F)c3)sc2Cl)cs1. The Bertz CT molecular complexity index is 1210. The van der Waals surface area contributed by atoms with Crippen LogP contribution in [0, 0.1) is 17.7 Å². The van der Waals surface area contributed by atoms with E-state index in [1.54, 1.807) is 5.38 Å². The van der Waals surface area contributed by atoms with E-state index in [4.69, 9.17) is 17.3 Å².